The molecule has 2 heterocycles. The number of carbonyl (C=O) groups excluding carboxylic acids is 1. The summed E-state index contributed by atoms with van der Waals surface area (Å²) in [7, 11) is 0. The molecule has 1 amide bonds. The Morgan fingerprint density at radius 2 is 2.00 bits per heavy atom. The van der Waals surface area contributed by atoms with Gasteiger partial charge in [-0.25, -0.2) is 8.78 Å². The van der Waals surface area contributed by atoms with Gasteiger partial charge in [0.1, 0.15) is 11.6 Å². The molecule has 2 aromatic rings. The maximum Gasteiger partial charge on any atom is 0.255 e. The number of likely N-dealkylation sites (tertiary alicyclic amines) is 1. The van der Waals surface area contributed by atoms with Gasteiger partial charge in [-0.1, -0.05) is 0 Å². The number of pyridine rings is 1. The van der Waals surface area contributed by atoms with Crippen molar-refractivity contribution in [2.75, 3.05) is 13.1 Å². The van der Waals surface area contributed by atoms with E-state index in [0.29, 0.717) is 30.6 Å². The van der Waals surface area contributed by atoms with Crippen LogP contribution < -0.4 is 0 Å². The Morgan fingerprint density at radius 3 is 2.65 bits per heavy atom. The van der Waals surface area contributed by atoms with Gasteiger partial charge in [0.15, 0.2) is 0 Å². The van der Waals surface area contributed by atoms with Crippen molar-refractivity contribution in [1.29, 1.82) is 0 Å². The molecule has 3 rings (SSSR count). The predicted octanol–water partition coefficient (Wildman–Crippen LogP) is 3.37. The van der Waals surface area contributed by atoms with Crippen LogP contribution in [0.3, 0.4) is 0 Å². The molecule has 23 heavy (non-hydrogen) atoms. The predicted molar refractivity (Wildman–Crippen MR) is 83.0 cm³/mol. The van der Waals surface area contributed by atoms with Gasteiger partial charge in [0.2, 0.25) is 0 Å². The van der Waals surface area contributed by atoms with Crippen molar-refractivity contribution in [1.82, 2.24) is 9.88 Å². The van der Waals surface area contributed by atoms with E-state index in [1.165, 1.54) is 12.1 Å². The van der Waals surface area contributed by atoms with E-state index in [9.17, 15) is 13.6 Å². The summed E-state index contributed by atoms with van der Waals surface area (Å²) in [5.41, 5.74) is 2.08. The van der Waals surface area contributed by atoms with Crippen LogP contribution in [0.15, 0.2) is 36.5 Å². The van der Waals surface area contributed by atoms with Crippen LogP contribution in [0, 0.1) is 24.5 Å². The monoisotopic (exact) mass is 316 g/mol. The van der Waals surface area contributed by atoms with Crippen LogP contribution in [0.5, 0.6) is 0 Å². The third-order valence-corrected chi connectivity index (χ3v) is 4.18. The van der Waals surface area contributed by atoms with Gasteiger partial charge in [-0.3, -0.25) is 9.78 Å². The van der Waals surface area contributed by atoms with Gasteiger partial charge >= 0.3 is 0 Å². The van der Waals surface area contributed by atoms with Crippen LogP contribution in [0.4, 0.5) is 8.78 Å². The first-order valence-corrected chi connectivity index (χ1v) is 7.68. The highest BCUT2D eigenvalue weighted by Gasteiger charge is 2.27. The third kappa shape index (κ3) is 3.73. The molecule has 0 spiro atoms. The van der Waals surface area contributed by atoms with E-state index in [-0.39, 0.29) is 11.8 Å². The van der Waals surface area contributed by atoms with E-state index in [1.54, 1.807) is 17.2 Å². The van der Waals surface area contributed by atoms with Gasteiger partial charge in [-0.15, -0.1) is 0 Å². The second-order valence-corrected chi connectivity index (χ2v) is 6.08. The standard InChI is InChI=1S/C18H18F2N2O/c1-12-2-3-15(10-21-12)18(23)22-5-4-13(11-22)6-14-7-16(19)9-17(20)8-14/h2-3,7-10,13H,4-6,11H2,1H3. The summed E-state index contributed by atoms with van der Waals surface area (Å²) in [5, 5.41) is 0. The summed E-state index contributed by atoms with van der Waals surface area (Å²) < 4.78 is 26.5. The smallest absolute Gasteiger partial charge is 0.255 e. The topological polar surface area (TPSA) is 33.2 Å². The molecule has 1 unspecified atom stereocenters. The molecule has 0 saturated carbocycles. The largest absolute Gasteiger partial charge is 0.338 e. The molecule has 120 valence electrons. The number of halogens is 2. The second kappa shape index (κ2) is 6.44. The van der Waals surface area contributed by atoms with Crippen LogP contribution in [0.25, 0.3) is 0 Å². The number of aromatic nitrogens is 1. The van der Waals surface area contributed by atoms with Gasteiger partial charge < -0.3 is 4.90 Å². The number of nitrogens with zero attached hydrogens (tertiary/aromatic N) is 2. The number of benzene rings is 1. The minimum atomic E-state index is -0.559. The molecule has 1 saturated heterocycles. The minimum Gasteiger partial charge on any atom is -0.338 e. The zero-order valence-electron chi connectivity index (χ0n) is 12.9. The van der Waals surface area contributed by atoms with Crippen LogP contribution in [0.1, 0.15) is 28.0 Å². The number of aryl methyl sites for hydroxylation is 1. The minimum absolute atomic E-state index is 0.0366. The van der Waals surface area contributed by atoms with E-state index >= 15 is 0 Å². The van der Waals surface area contributed by atoms with Gasteiger partial charge in [-0.2, -0.15) is 0 Å². The number of rotatable bonds is 3. The molecule has 0 bridgehead atoms. The van der Waals surface area contributed by atoms with Crippen molar-refractivity contribution < 1.29 is 13.6 Å². The first-order chi connectivity index (χ1) is 11.0. The Morgan fingerprint density at radius 1 is 1.26 bits per heavy atom. The maximum atomic E-state index is 13.2. The quantitative estimate of drug-likeness (QED) is 0.870. The Balaban J connectivity index is 1.64. The van der Waals surface area contributed by atoms with E-state index < -0.39 is 11.6 Å². The highest BCUT2D eigenvalue weighted by Crippen LogP contribution is 2.23. The number of carbonyl (C=O) groups is 1. The zero-order chi connectivity index (χ0) is 16.4. The SMILES string of the molecule is Cc1ccc(C(=O)N2CCC(Cc3cc(F)cc(F)c3)C2)cn1. The molecule has 0 radical (unpaired) electrons. The molecule has 1 atom stereocenters. The molecule has 1 aliphatic heterocycles. The fourth-order valence-corrected chi connectivity index (χ4v) is 3.02. The molecule has 5 heteroatoms. The van der Waals surface area contributed by atoms with Crippen molar-refractivity contribution in [3.63, 3.8) is 0 Å². The van der Waals surface area contributed by atoms with Gasteiger partial charge in [0, 0.05) is 31.0 Å². The summed E-state index contributed by atoms with van der Waals surface area (Å²) in [6.07, 6.45) is 3.00. The number of hydrogen-bond acceptors (Lipinski definition) is 2. The molecular weight excluding hydrogens is 298 g/mol. The molecular formula is C18H18F2N2O. The molecule has 1 aromatic carbocycles. The Kier molecular flexibility index (Phi) is 4.37. The Labute approximate surface area is 134 Å². The van der Waals surface area contributed by atoms with Crippen molar-refractivity contribution in [2.45, 2.75) is 19.8 Å². The second-order valence-electron chi connectivity index (χ2n) is 6.08. The highest BCUT2D eigenvalue weighted by atomic mass is 19.1. The summed E-state index contributed by atoms with van der Waals surface area (Å²) >= 11 is 0. The van der Waals surface area contributed by atoms with Crippen molar-refractivity contribution in [3.05, 3.63) is 65.0 Å². The van der Waals surface area contributed by atoms with E-state index in [0.717, 1.165) is 18.2 Å². The van der Waals surface area contributed by atoms with Crippen LogP contribution >= 0.6 is 0 Å². The average Bonchev–Trinajstić information content (AvgIpc) is 2.94. The summed E-state index contributed by atoms with van der Waals surface area (Å²) in [6, 6.07) is 7.18. The van der Waals surface area contributed by atoms with E-state index in [4.69, 9.17) is 0 Å². The van der Waals surface area contributed by atoms with Crippen molar-refractivity contribution in [2.24, 2.45) is 5.92 Å². The van der Waals surface area contributed by atoms with Crippen LogP contribution in [-0.2, 0) is 6.42 Å². The normalized spacial score (nSPS) is 17.5. The highest BCUT2D eigenvalue weighted by molar-refractivity contribution is 5.94. The molecule has 3 nitrogen and oxygen atoms in total. The Hall–Kier alpha value is -2.30. The molecule has 1 aromatic heterocycles. The van der Waals surface area contributed by atoms with Crippen LogP contribution in [0.2, 0.25) is 0 Å². The zero-order valence-corrected chi connectivity index (χ0v) is 12.9. The molecule has 1 fully saturated rings. The lowest BCUT2D eigenvalue weighted by Crippen LogP contribution is -2.29. The molecule has 0 aliphatic carbocycles. The van der Waals surface area contributed by atoms with E-state index in [2.05, 4.69) is 4.98 Å². The lowest BCUT2D eigenvalue weighted by atomic mass is 9.98. The van der Waals surface area contributed by atoms with Gasteiger partial charge in [-0.05, 0) is 55.5 Å². The van der Waals surface area contributed by atoms with Crippen molar-refractivity contribution in [3.8, 4) is 0 Å². The third-order valence-electron chi connectivity index (χ3n) is 4.18. The van der Waals surface area contributed by atoms with E-state index in [1.807, 2.05) is 13.0 Å². The van der Waals surface area contributed by atoms with Crippen LogP contribution in [-0.4, -0.2) is 28.9 Å². The first kappa shape index (κ1) is 15.6. The summed E-state index contributed by atoms with van der Waals surface area (Å²) in [5.74, 6) is -0.933. The van der Waals surface area contributed by atoms with Crippen molar-refractivity contribution >= 4 is 5.91 Å². The fraction of sp³-hybridized carbons (Fsp3) is 0.333. The lowest BCUT2D eigenvalue weighted by molar-refractivity contribution is 0.0786. The number of hydrogen-bond donors (Lipinski definition) is 0. The Bertz CT molecular complexity index is 695. The molecule has 1 aliphatic rings. The lowest BCUT2D eigenvalue weighted by Gasteiger charge is -2.16. The number of amides is 1. The fourth-order valence-electron chi connectivity index (χ4n) is 3.02. The first-order valence-electron chi connectivity index (χ1n) is 7.68. The van der Waals surface area contributed by atoms with Gasteiger partial charge in [0.25, 0.3) is 5.91 Å². The summed E-state index contributed by atoms with van der Waals surface area (Å²) in [6.45, 7) is 3.14. The maximum absolute atomic E-state index is 13.2. The summed E-state index contributed by atoms with van der Waals surface area (Å²) in [4.78, 5) is 18.4. The average molecular weight is 316 g/mol. The van der Waals surface area contributed by atoms with Gasteiger partial charge in [0.05, 0.1) is 5.56 Å². The molecule has 0 N–H and O–H groups in total.